The highest BCUT2D eigenvalue weighted by atomic mass is 16.4. The Hall–Kier alpha value is -2.08. The maximum Gasteiger partial charge on any atom is 0.328 e. The summed E-state index contributed by atoms with van der Waals surface area (Å²) in [6.45, 7) is 2.25. The molecule has 0 bridgehead atoms. The fraction of sp³-hybridized carbons (Fsp3) is 0.524. The summed E-state index contributed by atoms with van der Waals surface area (Å²) in [4.78, 5) is 14.7. The number of unbranched alkanes of at least 4 members (excludes halogenated alkanes) is 9. The Morgan fingerprint density at radius 3 is 2.46 bits per heavy atom. The molecule has 1 aromatic rings. The van der Waals surface area contributed by atoms with Crippen LogP contribution in [0, 0.1) is 11.8 Å². The van der Waals surface area contributed by atoms with Crippen molar-refractivity contribution in [3.05, 3.63) is 35.7 Å². The van der Waals surface area contributed by atoms with E-state index >= 15 is 0 Å². The third-order valence-electron chi connectivity index (χ3n) is 3.89. The average Bonchev–Trinajstić information content (AvgIpc) is 2.58. The lowest BCUT2D eigenvalue weighted by Crippen LogP contribution is -1.88. The van der Waals surface area contributed by atoms with Gasteiger partial charge in [-0.15, -0.1) is 0 Å². The molecule has 0 spiro atoms. The molecule has 0 atom stereocenters. The minimum atomic E-state index is -0.958. The molecule has 130 valence electrons. The van der Waals surface area contributed by atoms with E-state index < -0.39 is 5.97 Å². The van der Waals surface area contributed by atoms with Crippen molar-refractivity contribution in [2.75, 3.05) is 0 Å². The largest absolute Gasteiger partial charge is 0.478 e. The van der Waals surface area contributed by atoms with Gasteiger partial charge in [-0.25, -0.2) is 4.79 Å². The normalized spacial score (nSPS) is 10.5. The van der Waals surface area contributed by atoms with E-state index in [2.05, 4.69) is 23.7 Å². The van der Waals surface area contributed by atoms with Crippen molar-refractivity contribution in [3.8, 4) is 11.8 Å². The highest BCUT2D eigenvalue weighted by molar-refractivity contribution is 5.85. The van der Waals surface area contributed by atoms with Crippen LogP contribution in [0.1, 0.15) is 82.3 Å². The van der Waals surface area contributed by atoms with Gasteiger partial charge in [0.2, 0.25) is 0 Å². The number of nitrogens with zero attached hydrogens (tertiary/aromatic N) is 1. The smallest absolute Gasteiger partial charge is 0.328 e. The van der Waals surface area contributed by atoms with E-state index in [9.17, 15) is 4.79 Å². The number of carbonyl (C=O) groups is 1. The quantitative estimate of drug-likeness (QED) is 0.334. The second-order valence-corrected chi connectivity index (χ2v) is 6.01. The molecule has 0 aliphatic rings. The van der Waals surface area contributed by atoms with Gasteiger partial charge in [-0.1, -0.05) is 70.1 Å². The first-order valence-corrected chi connectivity index (χ1v) is 9.08. The molecule has 3 nitrogen and oxygen atoms in total. The monoisotopic (exact) mass is 327 g/mol. The van der Waals surface area contributed by atoms with Gasteiger partial charge in [0.05, 0.1) is 5.56 Å². The van der Waals surface area contributed by atoms with Crippen LogP contribution in [0.2, 0.25) is 0 Å². The number of hydrogen-bond acceptors (Lipinski definition) is 2. The van der Waals surface area contributed by atoms with E-state index in [1.54, 1.807) is 24.5 Å². The summed E-state index contributed by atoms with van der Waals surface area (Å²) in [5.41, 5.74) is 1.58. The summed E-state index contributed by atoms with van der Waals surface area (Å²) in [5, 5.41) is 8.70. The zero-order chi connectivity index (χ0) is 17.5. The Labute approximate surface area is 146 Å². The van der Waals surface area contributed by atoms with Crippen LogP contribution in [0.4, 0.5) is 0 Å². The fourth-order valence-corrected chi connectivity index (χ4v) is 2.50. The van der Waals surface area contributed by atoms with Crippen molar-refractivity contribution in [2.45, 2.75) is 71.1 Å². The predicted molar refractivity (Wildman–Crippen MR) is 99.6 cm³/mol. The topological polar surface area (TPSA) is 50.2 Å². The molecule has 1 heterocycles. The van der Waals surface area contributed by atoms with Gasteiger partial charge in [0.1, 0.15) is 0 Å². The number of aliphatic carboxylic acids is 1. The predicted octanol–water partition coefficient (Wildman–Crippen LogP) is 5.45. The van der Waals surface area contributed by atoms with Crippen molar-refractivity contribution in [1.82, 2.24) is 4.98 Å². The van der Waals surface area contributed by atoms with Crippen molar-refractivity contribution in [2.24, 2.45) is 0 Å². The minimum absolute atomic E-state index is 0.783. The first-order chi connectivity index (χ1) is 11.7. The lowest BCUT2D eigenvalue weighted by molar-refractivity contribution is -0.131. The summed E-state index contributed by atoms with van der Waals surface area (Å²) in [6.07, 6.45) is 18.7. The van der Waals surface area contributed by atoms with E-state index in [4.69, 9.17) is 5.11 Å². The molecule has 1 N–H and O–H groups in total. The number of pyridine rings is 1. The Morgan fingerprint density at radius 2 is 1.79 bits per heavy atom. The van der Waals surface area contributed by atoms with Gasteiger partial charge in [-0.2, -0.15) is 0 Å². The summed E-state index contributed by atoms with van der Waals surface area (Å²) in [6, 6.07) is 1.78. The van der Waals surface area contributed by atoms with E-state index in [1.807, 2.05) is 0 Å². The van der Waals surface area contributed by atoms with Crippen molar-refractivity contribution in [3.63, 3.8) is 0 Å². The maximum atomic E-state index is 10.6. The third kappa shape index (κ3) is 9.84. The second kappa shape index (κ2) is 13.4. The molecule has 0 saturated carbocycles. The van der Waals surface area contributed by atoms with Gasteiger partial charge in [0.15, 0.2) is 0 Å². The molecule has 1 rings (SSSR count). The van der Waals surface area contributed by atoms with Crippen LogP contribution in [0.3, 0.4) is 0 Å². The SMILES string of the molecule is CCCCCCCCCCCC#Cc1cnccc1C=CC(=O)O. The maximum absolute atomic E-state index is 10.6. The minimum Gasteiger partial charge on any atom is -0.478 e. The number of aromatic nitrogens is 1. The average molecular weight is 327 g/mol. The molecule has 0 amide bonds. The molecular weight excluding hydrogens is 298 g/mol. The Morgan fingerprint density at radius 1 is 1.12 bits per heavy atom. The second-order valence-electron chi connectivity index (χ2n) is 6.01. The third-order valence-corrected chi connectivity index (χ3v) is 3.89. The van der Waals surface area contributed by atoms with Gasteiger partial charge in [-0.05, 0) is 24.1 Å². The number of carboxylic acid groups (broad SMARTS) is 1. The molecule has 0 fully saturated rings. The van der Waals surface area contributed by atoms with Gasteiger partial charge in [0, 0.05) is 24.9 Å². The highest BCUT2D eigenvalue weighted by Gasteiger charge is 1.96. The van der Waals surface area contributed by atoms with Gasteiger partial charge < -0.3 is 5.11 Å². The lowest BCUT2D eigenvalue weighted by Gasteiger charge is -2.00. The molecule has 24 heavy (non-hydrogen) atoms. The first kappa shape index (κ1) is 20.0. The first-order valence-electron chi connectivity index (χ1n) is 9.08. The van der Waals surface area contributed by atoms with Crippen LogP contribution in [0.25, 0.3) is 6.08 Å². The standard InChI is InChI=1S/C21H29NO2/c1-2-3-4-5-6-7-8-9-10-11-12-13-20-18-22-17-16-19(20)14-15-21(23)24/h14-18H,2-11H2,1H3,(H,23,24). The molecule has 0 aliphatic carbocycles. The highest BCUT2D eigenvalue weighted by Crippen LogP contribution is 2.11. The summed E-state index contributed by atoms with van der Waals surface area (Å²) >= 11 is 0. The molecule has 1 aromatic heterocycles. The molecule has 0 aromatic carbocycles. The van der Waals surface area contributed by atoms with Crippen molar-refractivity contribution >= 4 is 12.0 Å². The lowest BCUT2D eigenvalue weighted by atomic mass is 10.1. The number of carboxylic acids is 1. The van der Waals surface area contributed by atoms with Gasteiger partial charge in [-0.3, -0.25) is 4.98 Å². The zero-order valence-electron chi connectivity index (χ0n) is 14.8. The summed E-state index contributed by atoms with van der Waals surface area (Å²) in [7, 11) is 0. The molecule has 0 radical (unpaired) electrons. The van der Waals surface area contributed by atoms with Crippen LogP contribution in [-0.4, -0.2) is 16.1 Å². The molecule has 0 unspecified atom stereocenters. The van der Waals surface area contributed by atoms with Crippen molar-refractivity contribution in [1.29, 1.82) is 0 Å². The van der Waals surface area contributed by atoms with Crippen LogP contribution in [0.5, 0.6) is 0 Å². The summed E-state index contributed by atoms with van der Waals surface area (Å²) < 4.78 is 0. The van der Waals surface area contributed by atoms with Gasteiger partial charge >= 0.3 is 5.97 Å². The van der Waals surface area contributed by atoms with Crippen LogP contribution < -0.4 is 0 Å². The van der Waals surface area contributed by atoms with E-state index in [-0.39, 0.29) is 0 Å². The van der Waals surface area contributed by atoms with E-state index in [0.717, 1.165) is 30.0 Å². The van der Waals surface area contributed by atoms with Gasteiger partial charge in [0.25, 0.3) is 0 Å². The van der Waals surface area contributed by atoms with Crippen LogP contribution in [-0.2, 0) is 4.79 Å². The Bertz CT molecular complexity index is 567. The van der Waals surface area contributed by atoms with Crippen LogP contribution in [0.15, 0.2) is 24.5 Å². The number of rotatable bonds is 11. The van der Waals surface area contributed by atoms with Crippen LogP contribution >= 0.6 is 0 Å². The summed E-state index contributed by atoms with van der Waals surface area (Å²) in [5.74, 6) is 5.32. The Kier molecular flexibility index (Phi) is 11.1. The Balaban J connectivity index is 2.24. The zero-order valence-corrected chi connectivity index (χ0v) is 14.8. The van der Waals surface area contributed by atoms with E-state index in [0.29, 0.717) is 0 Å². The molecule has 0 aliphatic heterocycles. The fourth-order valence-electron chi connectivity index (χ4n) is 2.50. The van der Waals surface area contributed by atoms with Crippen molar-refractivity contribution < 1.29 is 9.90 Å². The molecule has 0 saturated heterocycles. The molecule has 3 heteroatoms. The molecular formula is C21H29NO2. The van der Waals surface area contributed by atoms with E-state index in [1.165, 1.54) is 51.4 Å². The number of hydrogen-bond donors (Lipinski definition) is 1.